The van der Waals surface area contributed by atoms with Gasteiger partial charge in [-0.05, 0) is 5.56 Å². The van der Waals surface area contributed by atoms with E-state index in [-0.39, 0.29) is 0 Å². The van der Waals surface area contributed by atoms with Gasteiger partial charge in [-0.15, -0.1) is 0 Å². The molecule has 1 unspecified atom stereocenters. The fraction of sp³-hybridized carbons (Fsp3) is 0.136. The molecule has 25 heavy (non-hydrogen) atoms. The minimum absolute atomic E-state index is 0.456. The molecule has 0 fully saturated rings. The number of hydrogen-bond acceptors (Lipinski definition) is 3. The molecule has 1 N–H and O–H groups in total. The van der Waals surface area contributed by atoms with Gasteiger partial charge in [-0.3, -0.25) is 4.79 Å². The zero-order valence-electron chi connectivity index (χ0n) is 14.0. The first-order chi connectivity index (χ1) is 12.1. The summed E-state index contributed by atoms with van der Waals surface area (Å²) in [6.45, 7) is 1.36. The van der Waals surface area contributed by atoms with Crippen molar-refractivity contribution in [1.82, 2.24) is 0 Å². The molecule has 1 atom stereocenters. The predicted molar refractivity (Wildman–Crippen MR) is 96.8 cm³/mol. The highest BCUT2D eigenvalue weighted by molar-refractivity contribution is 5.68. The molecule has 0 heterocycles. The highest BCUT2D eigenvalue weighted by Crippen LogP contribution is 2.44. The standard InChI is InChI=1S/C22H20O3/c1-17(23)25-22(19-13-7-3-8-14-19,20-15-9-4-10-16-20)21(24)18-11-5-2-6-12-18/h2-16,21,24H,1H3. The second-order valence-electron chi connectivity index (χ2n) is 5.87. The summed E-state index contributed by atoms with van der Waals surface area (Å²) in [5.41, 5.74) is 0.785. The molecule has 0 bridgehead atoms. The number of hydrogen-bond donors (Lipinski definition) is 1. The van der Waals surface area contributed by atoms with E-state index in [4.69, 9.17) is 4.74 Å². The molecule has 0 aliphatic carbocycles. The maximum absolute atomic E-state index is 12.0. The molecule has 0 aromatic heterocycles. The van der Waals surface area contributed by atoms with Crippen LogP contribution < -0.4 is 0 Å². The highest BCUT2D eigenvalue weighted by atomic mass is 16.6. The summed E-state index contributed by atoms with van der Waals surface area (Å²) in [7, 11) is 0. The Kier molecular flexibility index (Phi) is 4.96. The van der Waals surface area contributed by atoms with Crippen molar-refractivity contribution >= 4 is 5.97 Å². The molecule has 0 radical (unpaired) electrons. The number of aliphatic hydroxyl groups is 1. The normalized spacial score (nSPS) is 12.4. The minimum Gasteiger partial charge on any atom is -0.446 e. The van der Waals surface area contributed by atoms with E-state index in [1.165, 1.54) is 6.92 Å². The molecule has 3 rings (SSSR count). The number of carbonyl (C=O) groups excluding carboxylic acids is 1. The Balaban J connectivity index is 2.27. The number of rotatable bonds is 5. The van der Waals surface area contributed by atoms with Crippen LogP contribution in [0.2, 0.25) is 0 Å². The van der Waals surface area contributed by atoms with Gasteiger partial charge in [-0.2, -0.15) is 0 Å². The molecule has 0 saturated carbocycles. The summed E-state index contributed by atoms with van der Waals surface area (Å²) in [5.74, 6) is -0.456. The molecule has 3 aromatic rings. The van der Waals surface area contributed by atoms with Crippen LogP contribution in [0.25, 0.3) is 0 Å². The van der Waals surface area contributed by atoms with Crippen molar-refractivity contribution in [3.05, 3.63) is 108 Å². The molecule has 0 saturated heterocycles. The van der Waals surface area contributed by atoms with Crippen LogP contribution in [0.15, 0.2) is 91.0 Å². The number of benzene rings is 3. The summed E-state index contributed by atoms with van der Waals surface area (Å²) in [5, 5.41) is 11.3. The van der Waals surface area contributed by atoms with Crippen molar-refractivity contribution in [2.24, 2.45) is 0 Å². The summed E-state index contributed by atoms with van der Waals surface area (Å²) < 4.78 is 5.84. The molecule has 0 amide bonds. The smallest absolute Gasteiger partial charge is 0.303 e. The molecule has 3 nitrogen and oxygen atoms in total. The summed E-state index contributed by atoms with van der Waals surface area (Å²) in [6, 6.07) is 28.0. The van der Waals surface area contributed by atoms with Gasteiger partial charge in [0.05, 0.1) is 0 Å². The third kappa shape index (κ3) is 3.32. The van der Waals surface area contributed by atoms with Gasteiger partial charge in [0.2, 0.25) is 0 Å². The maximum atomic E-state index is 12.0. The van der Waals surface area contributed by atoms with Gasteiger partial charge in [-0.1, -0.05) is 91.0 Å². The van der Waals surface area contributed by atoms with Crippen molar-refractivity contribution in [2.45, 2.75) is 18.6 Å². The quantitative estimate of drug-likeness (QED) is 0.711. The average molecular weight is 332 g/mol. The molecule has 0 aliphatic rings. The van der Waals surface area contributed by atoms with E-state index in [0.717, 1.165) is 0 Å². The zero-order valence-corrected chi connectivity index (χ0v) is 14.0. The van der Waals surface area contributed by atoms with Gasteiger partial charge in [0, 0.05) is 18.1 Å². The maximum Gasteiger partial charge on any atom is 0.303 e. The van der Waals surface area contributed by atoms with Crippen molar-refractivity contribution in [3.8, 4) is 0 Å². The van der Waals surface area contributed by atoms with Crippen LogP contribution in [0.1, 0.15) is 29.7 Å². The van der Waals surface area contributed by atoms with Crippen molar-refractivity contribution in [1.29, 1.82) is 0 Å². The lowest BCUT2D eigenvalue weighted by Gasteiger charge is -2.38. The van der Waals surface area contributed by atoms with Gasteiger partial charge in [-0.25, -0.2) is 0 Å². The number of ether oxygens (including phenoxy) is 1. The van der Waals surface area contributed by atoms with Crippen LogP contribution >= 0.6 is 0 Å². The lowest BCUT2D eigenvalue weighted by Crippen LogP contribution is -2.39. The Labute approximate surface area is 147 Å². The molecule has 3 heteroatoms. The van der Waals surface area contributed by atoms with Crippen LogP contribution in [0, 0.1) is 0 Å². The molecule has 126 valence electrons. The van der Waals surface area contributed by atoms with Gasteiger partial charge in [0.25, 0.3) is 0 Å². The lowest BCUT2D eigenvalue weighted by molar-refractivity contribution is -0.166. The molecular weight excluding hydrogens is 312 g/mol. The van der Waals surface area contributed by atoms with Crippen LogP contribution in [-0.4, -0.2) is 11.1 Å². The van der Waals surface area contributed by atoms with E-state index in [1.54, 1.807) is 0 Å². The third-order valence-electron chi connectivity index (χ3n) is 4.21. The van der Waals surface area contributed by atoms with Crippen LogP contribution in [0.3, 0.4) is 0 Å². The fourth-order valence-electron chi connectivity index (χ4n) is 3.12. The van der Waals surface area contributed by atoms with Crippen molar-refractivity contribution < 1.29 is 14.6 Å². The second-order valence-corrected chi connectivity index (χ2v) is 5.87. The second kappa shape index (κ2) is 7.32. The zero-order chi connectivity index (χ0) is 17.7. The Morgan fingerprint density at radius 3 is 1.60 bits per heavy atom. The fourth-order valence-corrected chi connectivity index (χ4v) is 3.12. The summed E-state index contributed by atoms with van der Waals surface area (Å²) >= 11 is 0. The average Bonchev–Trinajstić information content (AvgIpc) is 2.67. The molecule has 3 aromatic carbocycles. The lowest BCUT2D eigenvalue weighted by atomic mass is 9.78. The highest BCUT2D eigenvalue weighted by Gasteiger charge is 2.45. The van der Waals surface area contributed by atoms with E-state index in [0.29, 0.717) is 16.7 Å². The SMILES string of the molecule is CC(=O)OC(c1ccccc1)(c1ccccc1)C(O)c1ccccc1. The Morgan fingerprint density at radius 1 is 0.800 bits per heavy atom. The number of aliphatic hydroxyl groups excluding tert-OH is 1. The van der Waals surface area contributed by atoms with E-state index in [1.807, 2.05) is 91.0 Å². The van der Waals surface area contributed by atoms with E-state index in [2.05, 4.69) is 0 Å². The van der Waals surface area contributed by atoms with E-state index in [9.17, 15) is 9.90 Å². The first-order valence-corrected chi connectivity index (χ1v) is 8.18. The largest absolute Gasteiger partial charge is 0.446 e. The Morgan fingerprint density at radius 2 is 1.20 bits per heavy atom. The number of esters is 1. The van der Waals surface area contributed by atoms with E-state index < -0.39 is 17.7 Å². The van der Waals surface area contributed by atoms with Gasteiger partial charge >= 0.3 is 5.97 Å². The minimum atomic E-state index is -1.32. The third-order valence-corrected chi connectivity index (χ3v) is 4.21. The topological polar surface area (TPSA) is 46.5 Å². The Bertz CT molecular complexity index is 774. The first kappa shape index (κ1) is 16.9. The van der Waals surface area contributed by atoms with Crippen LogP contribution in [0.5, 0.6) is 0 Å². The van der Waals surface area contributed by atoms with Gasteiger partial charge in [0.1, 0.15) is 6.10 Å². The monoisotopic (exact) mass is 332 g/mol. The van der Waals surface area contributed by atoms with Crippen molar-refractivity contribution in [2.75, 3.05) is 0 Å². The van der Waals surface area contributed by atoms with E-state index >= 15 is 0 Å². The Hall–Kier alpha value is -2.91. The molecule has 0 spiro atoms. The van der Waals surface area contributed by atoms with Gasteiger partial charge in [0.15, 0.2) is 5.60 Å². The summed E-state index contributed by atoms with van der Waals surface area (Å²) in [6.07, 6.45) is -1.05. The molecular formula is C22H20O3. The first-order valence-electron chi connectivity index (χ1n) is 8.18. The van der Waals surface area contributed by atoms with Crippen LogP contribution in [-0.2, 0) is 15.1 Å². The van der Waals surface area contributed by atoms with Crippen LogP contribution in [0.4, 0.5) is 0 Å². The van der Waals surface area contributed by atoms with Crippen molar-refractivity contribution in [3.63, 3.8) is 0 Å². The number of carbonyl (C=O) groups is 1. The summed E-state index contributed by atoms with van der Waals surface area (Å²) in [4.78, 5) is 12.0. The molecule has 0 aliphatic heterocycles. The predicted octanol–water partition coefficient (Wildman–Crippen LogP) is 4.23. The van der Waals surface area contributed by atoms with Gasteiger partial charge < -0.3 is 9.84 Å².